The summed E-state index contributed by atoms with van der Waals surface area (Å²) < 4.78 is 37.8. The first-order valence-corrected chi connectivity index (χ1v) is 11.8. The van der Waals surface area contributed by atoms with Gasteiger partial charge in [0.1, 0.15) is 0 Å². The third-order valence-corrected chi connectivity index (χ3v) is 7.42. The monoisotopic (exact) mass is 406 g/mol. The third-order valence-electron chi connectivity index (χ3n) is 7.42. The smallest absolute Gasteiger partial charge is 0.166 e. The summed E-state index contributed by atoms with van der Waals surface area (Å²) in [5.41, 5.74) is 0.373. The second-order valence-corrected chi connectivity index (χ2v) is 9.46. The van der Waals surface area contributed by atoms with E-state index < -0.39 is 11.7 Å². The molecule has 0 heterocycles. The molecule has 0 amide bonds. The van der Waals surface area contributed by atoms with E-state index in [4.69, 9.17) is 0 Å². The molecular weight excluding hydrogens is 369 g/mol. The first kappa shape index (κ1) is 22.4. The van der Waals surface area contributed by atoms with Gasteiger partial charge in [0.2, 0.25) is 0 Å². The number of halogens is 3. The van der Waals surface area contributed by atoms with Crippen molar-refractivity contribution in [3.05, 3.63) is 47.5 Å². The highest BCUT2D eigenvalue weighted by Gasteiger charge is 2.31. The van der Waals surface area contributed by atoms with Gasteiger partial charge in [-0.2, -0.15) is 13.2 Å². The van der Waals surface area contributed by atoms with E-state index in [2.05, 4.69) is 19.1 Å². The molecule has 0 spiro atoms. The van der Waals surface area contributed by atoms with Crippen molar-refractivity contribution in [2.75, 3.05) is 0 Å². The lowest BCUT2D eigenvalue weighted by Crippen LogP contribution is -2.25. The lowest BCUT2D eigenvalue weighted by molar-refractivity contribution is -0.137. The molecule has 0 radical (unpaired) electrons. The summed E-state index contributed by atoms with van der Waals surface area (Å²) in [6.45, 7) is 2.31. The largest absolute Gasteiger partial charge is 0.416 e. The van der Waals surface area contributed by atoms with Crippen molar-refractivity contribution < 1.29 is 13.2 Å². The molecule has 2 aliphatic rings. The van der Waals surface area contributed by atoms with Gasteiger partial charge in [0.15, 0.2) is 0 Å². The molecule has 2 fully saturated rings. The number of alkyl halides is 3. The lowest BCUT2D eigenvalue weighted by Gasteiger charge is -2.37. The Kier molecular flexibility index (Phi) is 8.26. The van der Waals surface area contributed by atoms with Crippen LogP contribution in [0.25, 0.3) is 0 Å². The van der Waals surface area contributed by atoms with Crippen LogP contribution in [0.15, 0.2) is 36.4 Å². The third kappa shape index (κ3) is 6.89. The summed E-state index contributed by atoms with van der Waals surface area (Å²) in [6, 6.07) is 5.54. The Morgan fingerprint density at radius 1 is 0.793 bits per heavy atom. The van der Waals surface area contributed by atoms with Crippen LogP contribution in [0.2, 0.25) is 0 Å². The molecule has 0 unspecified atom stereocenters. The summed E-state index contributed by atoms with van der Waals surface area (Å²) in [5.74, 6) is 3.75. The minimum atomic E-state index is -4.25. The number of rotatable bonds is 7. The van der Waals surface area contributed by atoms with Crippen molar-refractivity contribution >= 4 is 0 Å². The Balaban J connectivity index is 1.34. The van der Waals surface area contributed by atoms with Crippen molar-refractivity contribution in [2.24, 2.45) is 23.7 Å². The highest BCUT2D eigenvalue weighted by atomic mass is 19.4. The van der Waals surface area contributed by atoms with E-state index in [1.165, 1.54) is 76.3 Å². The van der Waals surface area contributed by atoms with Crippen LogP contribution in [0.4, 0.5) is 13.2 Å². The highest BCUT2D eigenvalue weighted by Crippen LogP contribution is 2.42. The second kappa shape index (κ2) is 10.7. The van der Waals surface area contributed by atoms with Crippen LogP contribution in [0.5, 0.6) is 0 Å². The molecule has 1 aromatic carbocycles. The van der Waals surface area contributed by atoms with Crippen LogP contribution >= 0.6 is 0 Å². The molecule has 162 valence electrons. The number of hydrogen-bond donors (Lipinski definition) is 0. The minimum Gasteiger partial charge on any atom is -0.166 e. The van der Waals surface area contributed by atoms with Crippen LogP contribution in [0, 0.1) is 23.7 Å². The number of hydrogen-bond acceptors (Lipinski definition) is 0. The van der Waals surface area contributed by atoms with E-state index in [1.807, 2.05) is 0 Å². The molecule has 2 aliphatic carbocycles. The second-order valence-electron chi connectivity index (χ2n) is 9.46. The predicted octanol–water partition coefficient (Wildman–Crippen LogP) is 8.61. The van der Waals surface area contributed by atoms with Crippen molar-refractivity contribution in [1.82, 2.24) is 0 Å². The Hall–Kier alpha value is -1.25. The first-order valence-electron chi connectivity index (χ1n) is 11.8. The molecule has 0 aliphatic heterocycles. The standard InChI is InChI=1S/C26H37F3/c1-2-5-20-8-14-23(15-9-20)24-16-10-21(11-17-24)6-3-4-7-22-12-18-25(19-13-22)26(27,28)29/h3-4,12-13,18-21,23-24H,2,5-11,14-17H2,1H3/b4-3+. The molecule has 0 aromatic heterocycles. The van der Waals surface area contributed by atoms with Gasteiger partial charge >= 0.3 is 6.18 Å². The molecule has 29 heavy (non-hydrogen) atoms. The fourth-order valence-corrected chi connectivity index (χ4v) is 5.59. The zero-order valence-corrected chi connectivity index (χ0v) is 17.9. The van der Waals surface area contributed by atoms with Gasteiger partial charge < -0.3 is 0 Å². The fraction of sp³-hybridized carbons (Fsp3) is 0.692. The van der Waals surface area contributed by atoms with E-state index in [0.717, 1.165) is 35.7 Å². The first-order chi connectivity index (χ1) is 14.0. The molecule has 0 bridgehead atoms. The maximum atomic E-state index is 12.6. The van der Waals surface area contributed by atoms with E-state index >= 15 is 0 Å². The predicted molar refractivity (Wildman–Crippen MR) is 115 cm³/mol. The van der Waals surface area contributed by atoms with Crippen molar-refractivity contribution in [3.63, 3.8) is 0 Å². The fourth-order valence-electron chi connectivity index (χ4n) is 5.59. The van der Waals surface area contributed by atoms with Gasteiger partial charge in [0.25, 0.3) is 0 Å². The quantitative estimate of drug-likeness (QED) is 0.398. The van der Waals surface area contributed by atoms with Gasteiger partial charge in [-0.25, -0.2) is 0 Å². The normalized spacial score (nSPS) is 28.7. The van der Waals surface area contributed by atoms with Gasteiger partial charge in [-0.15, -0.1) is 0 Å². The molecule has 3 heteroatoms. The summed E-state index contributed by atoms with van der Waals surface area (Å²) in [6.07, 6.45) is 16.1. The zero-order valence-electron chi connectivity index (χ0n) is 17.9. The average Bonchev–Trinajstić information content (AvgIpc) is 2.72. The molecule has 2 saturated carbocycles. The Morgan fingerprint density at radius 3 is 1.86 bits per heavy atom. The van der Waals surface area contributed by atoms with Crippen LogP contribution in [0.1, 0.15) is 88.7 Å². The molecule has 3 rings (SSSR count). The molecular formula is C26H37F3. The molecule has 0 atom stereocenters. The Bertz CT molecular complexity index is 612. The topological polar surface area (TPSA) is 0 Å². The molecule has 1 aromatic rings. The molecule has 0 N–H and O–H groups in total. The maximum absolute atomic E-state index is 12.6. The zero-order chi connectivity index (χ0) is 20.7. The van der Waals surface area contributed by atoms with E-state index in [9.17, 15) is 13.2 Å². The molecule has 0 saturated heterocycles. The van der Waals surface area contributed by atoms with E-state index in [0.29, 0.717) is 6.42 Å². The average molecular weight is 407 g/mol. The summed E-state index contributed by atoms with van der Waals surface area (Å²) >= 11 is 0. The number of benzene rings is 1. The van der Waals surface area contributed by atoms with Gasteiger partial charge in [0, 0.05) is 0 Å². The van der Waals surface area contributed by atoms with Gasteiger partial charge in [0.05, 0.1) is 5.56 Å². The summed E-state index contributed by atoms with van der Waals surface area (Å²) in [5, 5.41) is 0. The van der Waals surface area contributed by atoms with Crippen LogP contribution in [-0.4, -0.2) is 0 Å². The van der Waals surface area contributed by atoms with Crippen LogP contribution in [-0.2, 0) is 12.6 Å². The SMILES string of the molecule is CCCC1CCC(C2CCC(C/C=C/Cc3ccc(C(F)(F)F)cc3)CC2)CC1. The van der Waals surface area contributed by atoms with Gasteiger partial charge in [-0.05, 0) is 92.7 Å². The highest BCUT2D eigenvalue weighted by molar-refractivity contribution is 5.25. The van der Waals surface area contributed by atoms with Gasteiger partial charge in [-0.1, -0.05) is 56.9 Å². The van der Waals surface area contributed by atoms with E-state index in [-0.39, 0.29) is 0 Å². The van der Waals surface area contributed by atoms with E-state index in [1.54, 1.807) is 12.1 Å². The van der Waals surface area contributed by atoms with Crippen molar-refractivity contribution in [3.8, 4) is 0 Å². The van der Waals surface area contributed by atoms with Crippen LogP contribution in [0.3, 0.4) is 0 Å². The number of allylic oxidation sites excluding steroid dienone is 2. The Labute approximate surface area is 175 Å². The van der Waals surface area contributed by atoms with Crippen molar-refractivity contribution in [1.29, 1.82) is 0 Å². The molecule has 0 nitrogen and oxygen atoms in total. The summed E-state index contributed by atoms with van der Waals surface area (Å²) in [4.78, 5) is 0. The van der Waals surface area contributed by atoms with Crippen molar-refractivity contribution in [2.45, 2.75) is 90.1 Å². The summed E-state index contributed by atoms with van der Waals surface area (Å²) in [7, 11) is 0. The maximum Gasteiger partial charge on any atom is 0.416 e. The Morgan fingerprint density at radius 2 is 1.34 bits per heavy atom. The van der Waals surface area contributed by atoms with Crippen LogP contribution < -0.4 is 0 Å². The minimum absolute atomic E-state index is 0.569. The lowest BCUT2D eigenvalue weighted by atomic mass is 9.68. The van der Waals surface area contributed by atoms with Gasteiger partial charge in [-0.3, -0.25) is 0 Å².